The van der Waals surface area contributed by atoms with Gasteiger partial charge in [-0.15, -0.1) is 10.2 Å². The van der Waals surface area contributed by atoms with Crippen LogP contribution in [0, 0.1) is 6.92 Å². The molecule has 6 nitrogen and oxygen atoms in total. The van der Waals surface area contributed by atoms with Crippen molar-refractivity contribution < 1.29 is 13.9 Å². The first-order chi connectivity index (χ1) is 12.7. The van der Waals surface area contributed by atoms with Gasteiger partial charge < -0.3 is 14.5 Å². The van der Waals surface area contributed by atoms with Crippen molar-refractivity contribution in [2.24, 2.45) is 0 Å². The fourth-order valence-electron chi connectivity index (χ4n) is 3.00. The fourth-order valence-corrected chi connectivity index (χ4v) is 3.00. The average Bonchev–Trinajstić information content (AvgIpc) is 3.30. The van der Waals surface area contributed by atoms with Gasteiger partial charge in [0, 0.05) is 31.0 Å². The highest BCUT2D eigenvalue weighted by molar-refractivity contribution is 5.94. The predicted molar refractivity (Wildman–Crippen MR) is 96.1 cm³/mol. The molecule has 3 aromatic rings. The van der Waals surface area contributed by atoms with Crippen LogP contribution < -0.4 is 10.1 Å². The van der Waals surface area contributed by atoms with Crippen LogP contribution in [0.2, 0.25) is 0 Å². The summed E-state index contributed by atoms with van der Waals surface area (Å²) in [4.78, 5) is 12.3. The summed E-state index contributed by atoms with van der Waals surface area (Å²) in [6, 6.07) is 13.4. The summed E-state index contributed by atoms with van der Waals surface area (Å²) in [5.41, 5.74) is 3.85. The van der Waals surface area contributed by atoms with Crippen molar-refractivity contribution in [3.8, 4) is 17.2 Å². The molecule has 0 atom stereocenters. The fraction of sp³-hybridized carbons (Fsp3) is 0.250. The lowest BCUT2D eigenvalue weighted by molar-refractivity contribution is 0.0954. The number of hydrogen-bond donors (Lipinski definition) is 1. The number of aryl methyl sites for hydroxylation is 1. The molecular weight excluding hydrogens is 330 g/mol. The third kappa shape index (κ3) is 3.44. The molecule has 0 saturated carbocycles. The molecule has 1 aliphatic rings. The highest BCUT2D eigenvalue weighted by Crippen LogP contribution is 2.26. The van der Waals surface area contributed by atoms with Gasteiger partial charge in [-0.1, -0.05) is 12.1 Å². The SMILES string of the molecule is Cc1nnc(-c2ccc(C(=O)NCCc3ccc4c(c3)CCO4)cc2)o1. The van der Waals surface area contributed by atoms with Crippen LogP contribution >= 0.6 is 0 Å². The molecule has 2 aromatic carbocycles. The first kappa shape index (κ1) is 16.3. The van der Waals surface area contributed by atoms with E-state index in [4.69, 9.17) is 9.15 Å². The maximum atomic E-state index is 12.3. The van der Waals surface area contributed by atoms with E-state index in [0.29, 0.717) is 23.9 Å². The zero-order valence-corrected chi connectivity index (χ0v) is 14.5. The summed E-state index contributed by atoms with van der Waals surface area (Å²) in [7, 11) is 0. The van der Waals surface area contributed by atoms with E-state index in [2.05, 4.69) is 27.6 Å². The van der Waals surface area contributed by atoms with Gasteiger partial charge >= 0.3 is 0 Å². The molecule has 0 unspecified atom stereocenters. The molecule has 0 spiro atoms. The maximum Gasteiger partial charge on any atom is 0.251 e. The second-order valence-corrected chi connectivity index (χ2v) is 6.25. The molecule has 1 aliphatic heterocycles. The van der Waals surface area contributed by atoms with Crippen molar-refractivity contribution >= 4 is 5.91 Å². The Bertz CT molecular complexity index is 932. The monoisotopic (exact) mass is 349 g/mol. The van der Waals surface area contributed by atoms with Crippen LogP contribution in [0.1, 0.15) is 27.4 Å². The van der Waals surface area contributed by atoms with E-state index in [9.17, 15) is 4.79 Å². The molecular formula is C20H19N3O3. The quantitative estimate of drug-likeness (QED) is 0.766. The van der Waals surface area contributed by atoms with Crippen molar-refractivity contribution in [1.82, 2.24) is 15.5 Å². The van der Waals surface area contributed by atoms with Crippen LogP contribution in [0.4, 0.5) is 0 Å². The van der Waals surface area contributed by atoms with Crippen molar-refractivity contribution in [1.29, 1.82) is 0 Å². The van der Waals surface area contributed by atoms with Crippen LogP contribution in [0.3, 0.4) is 0 Å². The van der Waals surface area contributed by atoms with Crippen molar-refractivity contribution in [2.75, 3.05) is 13.2 Å². The zero-order valence-electron chi connectivity index (χ0n) is 14.5. The van der Waals surface area contributed by atoms with Gasteiger partial charge in [0.05, 0.1) is 6.61 Å². The first-order valence-corrected chi connectivity index (χ1v) is 8.62. The molecule has 0 aliphatic carbocycles. The molecule has 0 radical (unpaired) electrons. The molecule has 132 valence electrons. The Labute approximate surface area is 151 Å². The maximum absolute atomic E-state index is 12.3. The second-order valence-electron chi connectivity index (χ2n) is 6.25. The van der Waals surface area contributed by atoms with Crippen LogP contribution in [0.25, 0.3) is 11.5 Å². The highest BCUT2D eigenvalue weighted by atomic mass is 16.5. The Morgan fingerprint density at radius 1 is 1.15 bits per heavy atom. The van der Waals surface area contributed by atoms with Crippen LogP contribution in [-0.2, 0) is 12.8 Å². The predicted octanol–water partition coefficient (Wildman–Crippen LogP) is 2.95. The summed E-state index contributed by atoms with van der Waals surface area (Å²) in [5, 5.41) is 10.7. The molecule has 26 heavy (non-hydrogen) atoms. The van der Waals surface area contributed by atoms with E-state index >= 15 is 0 Å². The van der Waals surface area contributed by atoms with Gasteiger partial charge in [-0.05, 0) is 47.9 Å². The highest BCUT2D eigenvalue weighted by Gasteiger charge is 2.12. The minimum atomic E-state index is -0.0947. The van der Waals surface area contributed by atoms with Gasteiger partial charge in [0.25, 0.3) is 5.91 Å². The van der Waals surface area contributed by atoms with E-state index in [1.165, 1.54) is 11.1 Å². The van der Waals surface area contributed by atoms with Gasteiger partial charge in [0.1, 0.15) is 5.75 Å². The Balaban J connectivity index is 1.33. The molecule has 4 rings (SSSR count). The van der Waals surface area contributed by atoms with Crippen molar-refractivity contribution in [3.05, 3.63) is 65.0 Å². The van der Waals surface area contributed by atoms with Gasteiger partial charge in [-0.3, -0.25) is 4.79 Å². The second kappa shape index (κ2) is 7.00. The third-order valence-corrected chi connectivity index (χ3v) is 4.37. The smallest absolute Gasteiger partial charge is 0.251 e. The molecule has 1 amide bonds. The lowest BCUT2D eigenvalue weighted by Crippen LogP contribution is -2.25. The van der Waals surface area contributed by atoms with Gasteiger partial charge in [-0.25, -0.2) is 0 Å². The number of benzene rings is 2. The number of nitrogens with zero attached hydrogens (tertiary/aromatic N) is 2. The zero-order chi connectivity index (χ0) is 17.9. The molecule has 0 saturated heterocycles. The number of amides is 1. The van der Waals surface area contributed by atoms with Crippen molar-refractivity contribution in [3.63, 3.8) is 0 Å². The Kier molecular flexibility index (Phi) is 4.39. The molecule has 6 heteroatoms. The summed E-state index contributed by atoms with van der Waals surface area (Å²) in [6.07, 6.45) is 1.75. The van der Waals surface area contributed by atoms with Crippen LogP contribution in [-0.4, -0.2) is 29.3 Å². The number of ether oxygens (including phenoxy) is 1. The van der Waals surface area contributed by atoms with E-state index in [1.54, 1.807) is 19.1 Å². The van der Waals surface area contributed by atoms with Gasteiger partial charge in [-0.2, -0.15) is 0 Å². The Morgan fingerprint density at radius 2 is 2.00 bits per heavy atom. The third-order valence-electron chi connectivity index (χ3n) is 4.37. The molecule has 1 aromatic heterocycles. The summed E-state index contributed by atoms with van der Waals surface area (Å²) >= 11 is 0. The summed E-state index contributed by atoms with van der Waals surface area (Å²) in [5.74, 6) is 1.85. The number of rotatable bonds is 5. The molecule has 2 heterocycles. The van der Waals surface area contributed by atoms with E-state index in [0.717, 1.165) is 30.8 Å². The number of nitrogens with one attached hydrogen (secondary N) is 1. The van der Waals surface area contributed by atoms with Crippen molar-refractivity contribution in [2.45, 2.75) is 19.8 Å². The number of aromatic nitrogens is 2. The van der Waals surface area contributed by atoms with Gasteiger partial charge in [0.2, 0.25) is 11.8 Å². The normalized spacial score (nSPS) is 12.5. The standard InChI is InChI=1S/C20H19N3O3/c1-13-22-23-20(26-13)16-5-3-15(4-6-16)19(24)21-10-8-14-2-7-18-17(12-14)9-11-25-18/h2-7,12H,8-11H2,1H3,(H,21,24). The number of carbonyl (C=O) groups is 1. The first-order valence-electron chi connectivity index (χ1n) is 8.62. The van der Waals surface area contributed by atoms with E-state index in [1.807, 2.05) is 18.2 Å². The molecule has 0 bridgehead atoms. The lowest BCUT2D eigenvalue weighted by atomic mass is 10.1. The van der Waals surface area contributed by atoms with E-state index < -0.39 is 0 Å². The average molecular weight is 349 g/mol. The Hall–Kier alpha value is -3.15. The minimum Gasteiger partial charge on any atom is -0.493 e. The largest absolute Gasteiger partial charge is 0.493 e. The summed E-state index contributed by atoms with van der Waals surface area (Å²) < 4.78 is 10.9. The van der Waals surface area contributed by atoms with E-state index in [-0.39, 0.29) is 5.91 Å². The van der Waals surface area contributed by atoms with Gasteiger partial charge in [0.15, 0.2) is 0 Å². The number of carbonyl (C=O) groups excluding carboxylic acids is 1. The Morgan fingerprint density at radius 3 is 2.77 bits per heavy atom. The topological polar surface area (TPSA) is 77.2 Å². The number of hydrogen-bond acceptors (Lipinski definition) is 5. The number of fused-ring (bicyclic) bond motifs is 1. The van der Waals surface area contributed by atoms with Crippen LogP contribution in [0.5, 0.6) is 5.75 Å². The molecule has 1 N–H and O–H groups in total. The summed E-state index contributed by atoms with van der Waals surface area (Å²) in [6.45, 7) is 3.09. The van der Waals surface area contributed by atoms with Crippen LogP contribution in [0.15, 0.2) is 46.9 Å². The molecule has 0 fully saturated rings. The lowest BCUT2D eigenvalue weighted by Gasteiger charge is -2.07. The minimum absolute atomic E-state index is 0.0947.